The van der Waals surface area contributed by atoms with E-state index in [1.807, 2.05) is 42.5 Å². The minimum absolute atomic E-state index is 0. The molecule has 0 aliphatic carbocycles. The number of benzene rings is 2. The summed E-state index contributed by atoms with van der Waals surface area (Å²) in [5.74, 6) is -0.0931. The van der Waals surface area contributed by atoms with Gasteiger partial charge in [-0.2, -0.15) is 0 Å². The highest BCUT2D eigenvalue weighted by Crippen LogP contribution is 2.40. The molecule has 0 radical (unpaired) electrons. The number of hydrogen-bond acceptors (Lipinski definition) is 3. The fourth-order valence-electron chi connectivity index (χ4n) is 3.68. The van der Waals surface area contributed by atoms with Crippen LogP contribution in [0.2, 0.25) is 0 Å². The molecule has 0 N–H and O–H groups in total. The van der Waals surface area contributed by atoms with Crippen LogP contribution in [0.15, 0.2) is 48.5 Å². The van der Waals surface area contributed by atoms with Crippen LogP contribution in [0, 0.1) is 0 Å². The first-order valence-electron chi connectivity index (χ1n) is 8.68. The Morgan fingerprint density at radius 2 is 1.50 bits per heavy atom. The molecule has 2 aromatic carbocycles. The highest BCUT2D eigenvalue weighted by atomic mass is 35.5. The van der Waals surface area contributed by atoms with Crippen LogP contribution in [0.4, 0.5) is 17.1 Å². The van der Waals surface area contributed by atoms with Crippen molar-refractivity contribution >= 4 is 41.3 Å². The van der Waals surface area contributed by atoms with Gasteiger partial charge in [0.1, 0.15) is 0 Å². The Labute approximate surface area is 159 Å². The summed E-state index contributed by atoms with van der Waals surface area (Å²) in [6.07, 6.45) is 2.28. The molecule has 0 unspecified atom stereocenters. The maximum atomic E-state index is 13.2. The van der Waals surface area contributed by atoms with Crippen molar-refractivity contribution in [3.05, 3.63) is 54.1 Å². The van der Waals surface area contributed by atoms with Crippen molar-refractivity contribution in [2.45, 2.75) is 12.8 Å². The summed E-state index contributed by atoms with van der Waals surface area (Å²) in [5.41, 5.74) is 2.72. The van der Waals surface area contributed by atoms with Crippen LogP contribution in [-0.4, -0.2) is 43.4 Å². The molecule has 5 nitrogen and oxygen atoms in total. The Bertz CT molecular complexity index is 833. The van der Waals surface area contributed by atoms with Crippen molar-refractivity contribution in [2.75, 3.05) is 36.5 Å². The third kappa shape index (κ3) is 3.08. The van der Waals surface area contributed by atoms with Gasteiger partial charge in [-0.3, -0.25) is 19.4 Å². The van der Waals surface area contributed by atoms with Gasteiger partial charge in [-0.1, -0.05) is 24.3 Å². The van der Waals surface area contributed by atoms with Crippen molar-refractivity contribution in [2.24, 2.45) is 0 Å². The molecule has 26 heavy (non-hydrogen) atoms. The zero-order valence-corrected chi connectivity index (χ0v) is 15.5. The fourth-order valence-corrected chi connectivity index (χ4v) is 3.68. The molecule has 0 atom stereocenters. The molecule has 1 saturated heterocycles. The predicted octanol–water partition coefficient (Wildman–Crippen LogP) is 3.46. The lowest BCUT2D eigenvalue weighted by Gasteiger charge is -2.26. The fraction of sp³-hybridized carbons (Fsp3) is 0.300. The quantitative estimate of drug-likeness (QED) is 0.812. The second kappa shape index (κ2) is 7.48. The predicted molar refractivity (Wildman–Crippen MR) is 106 cm³/mol. The van der Waals surface area contributed by atoms with Crippen LogP contribution in [-0.2, 0) is 4.79 Å². The van der Waals surface area contributed by atoms with E-state index in [4.69, 9.17) is 0 Å². The SMILES string of the molecule is CN1C(=O)c2ccccc2N(C(=O)CN2CCCC2)c2ccccc21.Cl. The van der Waals surface area contributed by atoms with Gasteiger partial charge in [0.15, 0.2) is 0 Å². The Hall–Kier alpha value is -2.37. The molecule has 2 heterocycles. The Morgan fingerprint density at radius 3 is 2.19 bits per heavy atom. The van der Waals surface area contributed by atoms with E-state index in [9.17, 15) is 9.59 Å². The van der Waals surface area contributed by atoms with Gasteiger partial charge < -0.3 is 4.90 Å². The van der Waals surface area contributed by atoms with Crippen LogP contribution in [0.25, 0.3) is 0 Å². The third-order valence-electron chi connectivity index (χ3n) is 4.97. The Kier molecular flexibility index (Phi) is 5.30. The number of fused-ring (bicyclic) bond motifs is 2. The van der Waals surface area contributed by atoms with E-state index in [0.717, 1.165) is 37.3 Å². The first-order chi connectivity index (χ1) is 12.2. The minimum atomic E-state index is -0.0977. The molecule has 2 aromatic rings. The lowest BCUT2D eigenvalue weighted by molar-refractivity contribution is -0.118. The smallest absolute Gasteiger partial charge is 0.260 e. The number of rotatable bonds is 2. The average molecular weight is 372 g/mol. The summed E-state index contributed by atoms with van der Waals surface area (Å²) in [5, 5.41) is 0. The van der Waals surface area contributed by atoms with E-state index in [0.29, 0.717) is 17.8 Å². The zero-order chi connectivity index (χ0) is 17.4. The summed E-state index contributed by atoms with van der Waals surface area (Å²) in [6.45, 7) is 2.30. The van der Waals surface area contributed by atoms with Crippen LogP contribution in [0.5, 0.6) is 0 Å². The summed E-state index contributed by atoms with van der Waals surface area (Å²) in [6, 6.07) is 14.9. The standard InChI is InChI=1S/C20H21N3O2.ClH/c1-21-17-10-4-5-11-18(17)23(19(24)14-22-12-6-7-13-22)16-9-3-2-8-15(16)20(21)25;/h2-5,8-11H,6-7,12-14H2,1H3;1H. The van der Waals surface area contributed by atoms with Gasteiger partial charge in [0.05, 0.1) is 29.2 Å². The number of carbonyl (C=O) groups excluding carboxylic acids is 2. The van der Waals surface area contributed by atoms with E-state index < -0.39 is 0 Å². The summed E-state index contributed by atoms with van der Waals surface area (Å²) in [7, 11) is 1.76. The minimum Gasteiger partial charge on any atom is -0.309 e. The molecule has 136 valence electrons. The van der Waals surface area contributed by atoms with Gasteiger partial charge in [-0.05, 0) is 50.2 Å². The first-order valence-corrected chi connectivity index (χ1v) is 8.68. The molecule has 2 aliphatic rings. The van der Waals surface area contributed by atoms with Crippen molar-refractivity contribution in [1.29, 1.82) is 0 Å². The van der Waals surface area contributed by atoms with Crippen molar-refractivity contribution in [3.8, 4) is 0 Å². The summed E-state index contributed by atoms with van der Waals surface area (Å²) in [4.78, 5) is 31.6. The van der Waals surface area contributed by atoms with E-state index in [1.165, 1.54) is 0 Å². The number of nitrogens with zero attached hydrogens (tertiary/aromatic N) is 3. The first kappa shape index (κ1) is 18.4. The number of para-hydroxylation sites is 3. The Morgan fingerprint density at radius 1 is 0.923 bits per heavy atom. The third-order valence-corrected chi connectivity index (χ3v) is 4.97. The van der Waals surface area contributed by atoms with Crippen molar-refractivity contribution in [1.82, 2.24) is 4.90 Å². The van der Waals surface area contributed by atoms with Crippen LogP contribution >= 0.6 is 12.4 Å². The summed E-state index contributed by atoms with van der Waals surface area (Å²) >= 11 is 0. The van der Waals surface area contributed by atoms with E-state index in [1.54, 1.807) is 22.9 Å². The lowest BCUT2D eigenvalue weighted by Crippen LogP contribution is -2.37. The molecular formula is C20H22ClN3O2. The molecule has 0 saturated carbocycles. The van der Waals surface area contributed by atoms with Gasteiger partial charge in [0.2, 0.25) is 5.91 Å². The van der Waals surface area contributed by atoms with Gasteiger partial charge in [0, 0.05) is 7.05 Å². The normalized spacial score (nSPS) is 16.6. The monoisotopic (exact) mass is 371 g/mol. The highest BCUT2D eigenvalue weighted by molar-refractivity contribution is 6.18. The number of hydrogen-bond donors (Lipinski definition) is 0. The second-order valence-corrected chi connectivity index (χ2v) is 6.58. The van der Waals surface area contributed by atoms with Gasteiger partial charge in [-0.15, -0.1) is 12.4 Å². The second-order valence-electron chi connectivity index (χ2n) is 6.58. The number of likely N-dealkylation sites (tertiary alicyclic amines) is 1. The van der Waals surface area contributed by atoms with Crippen molar-refractivity contribution < 1.29 is 9.59 Å². The molecule has 4 rings (SSSR count). The number of amides is 2. The van der Waals surface area contributed by atoms with Crippen LogP contribution in [0.3, 0.4) is 0 Å². The number of halogens is 1. The molecule has 2 amide bonds. The number of anilines is 3. The molecule has 1 fully saturated rings. The van der Waals surface area contributed by atoms with E-state index in [2.05, 4.69) is 4.90 Å². The highest BCUT2D eigenvalue weighted by Gasteiger charge is 2.32. The largest absolute Gasteiger partial charge is 0.309 e. The topological polar surface area (TPSA) is 43.9 Å². The molecule has 0 aromatic heterocycles. The summed E-state index contributed by atoms with van der Waals surface area (Å²) < 4.78 is 0. The molecule has 0 spiro atoms. The molecule has 2 aliphatic heterocycles. The maximum absolute atomic E-state index is 13.2. The molecular weight excluding hydrogens is 350 g/mol. The van der Waals surface area contributed by atoms with Gasteiger partial charge in [-0.25, -0.2) is 0 Å². The van der Waals surface area contributed by atoms with E-state index in [-0.39, 0.29) is 24.2 Å². The van der Waals surface area contributed by atoms with Gasteiger partial charge in [0.25, 0.3) is 5.91 Å². The Balaban J connectivity index is 0.00000196. The van der Waals surface area contributed by atoms with Gasteiger partial charge >= 0.3 is 0 Å². The maximum Gasteiger partial charge on any atom is 0.260 e. The number of carbonyl (C=O) groups is 2. The zero-order valence-electron chi connectivity index (χ0n) is 14.7. The van der Waals surface area contributed by atoms with Crippen LogP contribution < -0.4 is 9.80 Å². The van der Waals surface area contributed by atoms with Crippen molar-refractivity contribution in [3.63, 3.8) is 0 Å². The lowest BCUT2D eigenvalue weighted by atomic mass is 10.1. The molecule has 0 bridgehead atoms. The van der Waals surface area contributed by atoms with E-state index >= 15 is 0 Å². The average Bonchev–Trinajstić information content (AvgIpc) is 3.11. The van der Waals surface area contributed by atoms with Crippen LogP contribution in [0.1, 0.15) is 23.2 Å². The molecule has 6 heteroatoms.